The third-order valence-corrected chi connectivity index (χ3v) is 2.74. The molecule has 0 amide bonds. The Morgan fingerprint density at radius 3 is 2.69 bits per heavy atom. The van der Waals surface area contributed by atoms with Gasteiger partial charge in [0.15, 0.2) is 0 Å². The number of carbonyl (C=O) groups is 1. The first-order chi connectivity index (χ1) is 6.11. The van der Waals surface area contributed by atoms with E-state index >= 15 is 0 Å². The van der Waals surface area contributed by atoms with Crippen LogP contribution in [0.1, 0.15) is 18.1 Å². The summed E-state index contributed by atoms with van der Waals surface area (Å²) in [6, 6.07) is 5.93. The molecule has 1 rings (SSSR count). The molecule has 0 spiro atoms. The topological polar surface area (TPSA) is 26.3 Å². The Labute approximate surface area is 82.5 Å². The first-order valence-electron chi connectivity index (χ1n) is 4.02. The highest BCUT2D eigenvalue weighted by atomic mass is 32.2. The fourth-order valence-electron chi connectivity index (χ4n) is 0.918. The maximum atomic E-state index is 10.6. The summed E-state index contributed by atoms with van der Waals surface area (Å²) in [5, 5.41) is 0. The molecule has 0 saturated heterocycles. The Morgan fingerprint density at radius 1 is 1.38 bits per heavy atom. The molecule has 13 heavy (non-hydrogen) atoms. The molecule has 0 heterocycles. The number of hydrogen-bond acceptors (Lipinski definition) is 3. The predicted molar refractivity (Wildman–Crippen MR) is 53.5 cm³/mol. The van der Waals surface area contributed by atoms with E-state index in [2.05, 4.69) is 0 Å². The van der Waals surface area contributed by atoms with E-state index in [0.717, 1.165) is 22.5 Å². The fourth-order valence-corrected chi connectivity index (χ4v) is 1.55. The Kier molecular flexibility index (Phi) is 3.37. The van der Waals surface area contributed by atoms with Crippen LogP contribution in [0, 0.1) is 13.8 Å². The van der Waals surface area contributed by atoms with Crippen molar-refractivity contribution in [2.45, 2.75) is 25.7 Å². The van der Waals surface area contributed by atoms with Crippen LogP contribution in [-0.4, -0.2) is 5.97 Å². The fraction of sp³-hybridized carbons (Fsp3) is 0.300. The zero-order valence-corrected chi connectivity index (χ0v) is 8.77. The largest absolute Gasteiger partial charge is 0.386 e. The molecule has 3 heteroatoms. The van der Waals surface area contributed by atoms with Crippen molar-refractivity contribution in [2.24, 2.45) is 0 Å². The van der Waals surface area contributed by atoms with E-state index in [1.54, 1.807) is 0 Å². The van der Waals surface area contributed by atoms with Crippen LogP contribution in [0.3, 0.4) is 0 Å². The van der Waals surface area contributed by atoms with Gasteiger partial charge < -0.3 is 4.18 Å². The SMILES string of the molecule is CC(=O)OSc1cccc(C)c1C. The van der Waals surface area contributed by atoms with Crippen molar-refractivity contribution in [3.8, 4) is 0 Å². The minimum Gasteiger partial charge on any atom is -0.386 e. The molecular formula is C10H12O2S. The van der Waals surface area contributed by atoms with Gasteiger partial charge in [-0.05, 0) is 31.0 Å². The number of benzene rings is 1. The normalized spacial score (nSPS) is 9.77. The number of aryl methyl sites for hydroxylation is 1. The lowest BCUT2D eigenvalue weighted by molar-refractivity contribution is -0.130. The summed E-state index contributed by atoms with van der Waals surface area (Å²) >= 11 is 1.12. The molecule has 0 atom stereocenters. The van der Waals surface area contributed by atoms with Gasteiger partial charge in [0.1, 0.15) is 0 Å². The Morgan fingerprint density at radius 2 is 2.08 bits per heavy atom. The molecule has 70 valence electrons. The monoisotopic (exact) mass is 196 g/mol. The van der Waals surface area contributed by atoms with Crippen molar-refractivity contribution in [3.63, 3.8) is 0 Å². The molecule has 0 aliphatic rings. The van der Waals surface area contributed by atoms with E-state index in [1.165, 1.54) is 12.5 Å². The zero-order valence-electron chi connectivity index (χ0n) is 7.96. The summed E-state index contributed by atoms with van der Waals surface area (Å²) in [5.74, 6) is -0.272. The van der Waals surface area contributed by atoms with Crippen molar-refractivity contribution < 1.29 is 8.98 Å². The Bertz CT molecular complexity index is 321. The lowest BCUT2D eigenvalue weighted by atomic mass is 10.1. The maximum absolute atomic E-state index is 10.6. The lowest BCUT2D eigenvalue weighted by Gasteiger charge is -2.05. The van der Waals surface area contributed by atoms with Crippen LogP contribution < -0.4 is 0 Å². The molecule has 0 radical (unpaired) electrons. The first kappa shape index (κ1) is 10.1. The van der Waals surface area contributed by atoms with Gasteiger partial charge in [-0.15, -0.1) is 0 Å². The molecule has 0 aromatic heterocycles. The van der Waals surface area contributed by atoms with Gasteiger partial charge in [-0.1, -0.05) is 12.1 Å². The molecular weight excluding hydrogens is 184 g/mol. The summed E-state index contributed by atoms with van der Waals surface area (Å²) in [5.41, 5.74) is 2.37. The molecule has 1 aromatic carbocycles. The van der Waals surface area contributed by atoms with Gasteiger partial charge in [0, 0.05) is 6.92 Å². The highest BCUT2D eigenvalue weighted by Crippen LogP contribution is 2.25. The van der Waals surface area contributed by atoms with E-state index in [9.17, 15) is 4.79 Å². The summed E-state index contributed by atoms with van der Waals surface area (Å²) < 4.78 is 4.84. The van der Waals surface area contributed by atoms with Crippen LogP contribution >= 0.6 is 12.0 Å². The van der Waals surface area contributed by atoms with Crippen LogP contribution in [0.15, 0.2) is 23.1 Å². The Hall–Kier alpha value is -0.960. The van der Waals surface area contributed by atoms with Crippen molar-refractivity contribution in [1.82, 2.24) is 0 Å². The highest BCUT2D eigenvalue weighted by Gasteiger charge is 2.03. The number of hydrogen-bond donors (Lipinski definition) is 0. The zero-order chi connectivity index (χ0) is 9.84. The maximum Gasteiger partial charge on any atom is 0.315 e. The first-order valence-corrected chi connectivity index (χ1v) is 4.76. The quantitative estimate of drug-likeness (QED) is 0.680. The predicted octanol–water partition coefficient (Wildman–Crippen LogP) is 2.87. The smallest absolute Gasteiger partial charge is 0.315 e. The van der Waals surface area contributed by atoms with Gasteiger partial charge in [-0.25, -0.2) is 0 Å². The summed E-state index contributed by atoms with van der Waals surface area (Å²) in [4.78, 5) is 11.6. The van der Waals surface area contributed by atoms with Crippen molar-refractivity contribution in [2.75, 3.05) is 0 Å². The number of rotatable bonds is 2. The van der Waals surface area contributed by atoms with Crippen molar-refractivity contribution in [3.05, 3.63) is 29.3 Å². The minimum absolute atomic E-state index is 0.272. The van der Waals surface area contributed by atoms with Gasteiger partial charge in [-0.2, -0.15) is 0 Å². The summed E-state index contributed by atoms with van der Waals surface area (Å²) in [6.07, 6.45) is 0. The van der Waals surface area contributed by atoms with E-state index in [1.807, 2.05) is 32.0 Å². The highest BCUT2D eigenvalue weighted by molar-refractivity contribution is 7.95. The average molecular weight is 196 g/mol. The summed E-state index contributed by atoms with van der Waals surface area (Å²) in [7, 11) is 0. The Balaban J connectivity index is 2.77. The third-order valence-electron chi connectivity index (χ3n) is 1.80. The second kappa shape index (κ2) is 4.33. The van der Waals surface area contributed by atoms with E-state index < -0.39 is 0 Å². The lowest BCUT2D eigenvalue weighted by Crippen LogP contribution is -1.91. The van der Waals surface area contributed by atoms with Crippen LogP contribution in [0.4, 0.5) is 0 Å². The second-order valence-corrected chi connectivity index (χ2v) is 3.63. The molecule has 0 saturated carbocycles. The standard InChI is InChI=1S/C10H12O2S/c1-7-5-4-6-10(8(7)2)13-12-9(3)11/h4-6H,1-3H3. The van der Waals surface area contributed by atoms with Crippen molar-refractivity contribution >= 4 is 18.0 Å². The number of carbonyl (C=O) groups excluding carboxylic acids is 1. The van der Waals surface area contributed by atoms with Gasteiger partial charge in [0.25, 0.3) is 0 Å². The molecule has 0 aliphatic carbocycles. The van der Waals surface area contributed by atoms with Gasteiger partial charge in [0.05, 0.1) is 16.9 Å². The van der Waals surface area contributed by atoms with Gasteiger partial charge >= 0.3 is 5.97 Å². The van der Waals surface area contributed by atoms with E-state index in [4.69, 9.17) is 4.18 Å². The van der Waals surface area contributed by atoms with Crippen LogP contribution in [0.25, 0.3) is 0 Å². The summed E-state index contributed by atoms with van der Waals surface area (Å²) in [6.45, 7) is 5.45. The van der Waals surface area contributed by atoms with Crippen LogP contribution in [0.5, 0.6) is 0 Å². The van der Waals surface area contributed by atoms with Gasteiger partial charge in [0.2, 0.25) is 0 Å². The van der Waals surface area contributed by atoms with Gasteiger partial charge in [-0.3, -0.25) is 4.79 Å². The molecule has 0 fully saturated rings. The second-order valence-electron chi connectivity index (χ2n) is 2.86. The minimum atomic E-state index is -0.272. The molecule has 1 aromatic rings. The third kappa shape index (κ3) is 2.77. The average Bonchev–Trinajstić information content (AvgIpc) is 2.07. The molecule has 2 nitrogen and oxygen atoms in total. The molecule has 0 N–H and O–H groups in total. The van der Waals surface area contributed by atoms with Crippen LogP contribution in [-0.2, 0) is 8.98 Å². The van der Waals surface area contributed by atoms with Crippen LogP contribution in [0.2, 0.25) is 0 Å². The molecule has 0 aliphatic heterocycles. The molecule has 0 unspecified atom stereocenters. The molecule has 0 bridgehead atoms. The van der Waals surface area contributed by atoms with E-state index in [-0.39, 0.29) is 5.97 Å². The van der Waals surface area contributed by atoms with E-state index in [0.29, 0.717) is 0 Å². The van der Waals surface area contributed by atoms with Crippen molar-refractivity contribution in [1.29, 1.82) is 0 Å².